The normalized spacial score (nSPS) is 15.5. The van der Waals surface area contributed by atoms with E-state index in [0.29, 0.717) is 22.9 Å². The Hall–Kier alpha value is -4.13. The van der Waals surface area contributed by atoms with Gasteiger partial charge in [0.05, 0.1) is 22.6 Å². The molecular formula is C24H19FN4O2. The van der Waals surface area contributed by atoms with Gasteiger partial charge in [-0.2, -0.15) is 0 Å². The second kappa shape index (κ2) is 7.28. The summed E-state index contributed by atoms with van der Waals surface area (Å²) in [5, 5.41) is 16.2. The van der Waals surface area contributed by atoms with E-state index in [1.165, 1.54) is 24.3 Å². The number of hydrogen-bond donors (Lipinski definition) is 3. The molecule has 7 heteroatoms. The molecule has 5 rings (SSSR count). The zero-order valence-electron chi connectivity index (χ0n) is 16.6. The number of nitrogens with zero attached hydrogens (tertiary/aromatic N) is 2. The average Bonchev–Trinajstić information content (AvgIpc) is 3.12. The van der Waals surface area contributed by atoms with Crippen molar-refractivity contribution in [1.82, 2.24) is 9.55 Å². The molecule has 0 aliphatic carbocycles. The molecule has 2 heterocycles. The Morgan fingerprint density at radius 3 is 2.65 bits per heavy atom. The lowest BCUT2D eigenvalue weighted by Crippen LogP contribution is -2.30. The zero-order valence-corrected chi connectivity index (χ0v) is 16.6. The van der Waals surface area contributed by atoms with Crippen molar-refractivity contribution in [2.75, 3.05) is 10.6 Å². The second-order valence-electron chi connectivity index (χ2n) is 7.42. The SMILES string of the molecule is CC1=C(C(=O)Nc2ccc(F)cc2)[C@@H](c2cccc(O)c2)n2c(nc3ccccc32)N1. The van der Waals surface area contributed by atoms with Gasteiger partial charge in [0, 0.05) is 11.4 Å². The fraction of sp³-hybridized carbons (Fsp3) is 0.0833. The molecule has 4 aromatic rings. The highest BCUT2D eigenvalue weighted by molar-refractivity contribution is 6.06. The number of aromatic hydroxyl groups is 1. The van der Waals surface area contributed by atoms with Crippen molar-refractivity contribution in [3.63, 3.8) is 0 Å². The number of para-hydroxylation sites is 2. The molecule has 0 saturated carbocycles. The minimum Gasteiger partial charge on any atom is -0.508 e. The van der Waals surface area contributed by atoms with Crippen LogP contribution in [-0.2, 0) is 4.79 Å². The third-order valence-electron chi connectivity index (χ3n) is 5.36. The van der Waals surface area contributed by atoms with Crippen LogP contribution in [0.1, 0.15) is 18.5 Å². The van der Waals surface area contributed by atoms with Gasteiger partial charge in [-0.15, -0.1) is 0 Å². The standard InChI is InChI=1S/C24H19FN4O2/c1-14-21(23(31)27-17-11-9-16(25)10-12-17)22(15-5-4-6-18(30)13-15)29-20-8-3-2-7-19(20)28-24(29)26-14/h2-13,22,30H,1H3,(H,26,28)(H,27,31)/t22-/m1/s1. The number of benzene rings is 3. The number of nitrogens with one attached hydrogen (secondary N) is 2. The van der Waals surface area contributed by atoms with Gasteiger partial charge in [0.15, 0.2) is 0 Å². The maximum absolute atomic E-state index is 13.4. The molecule has 1 aliphatic heterocycles. The lowest BCUT2D eigenvalue weighted by Gasteiger charge is -2.30. The van der Waals surface area contributed by atoms with Crippen LogP contribution in [0.25, 0.3) is 11.0 Å². The van der Waals surface area contributed by atoms with Crippen molar-refractivity contribution in [3.05, 3.63) is 95.4 Å². The monoisotopic (exact) mass is 414 g/mol. The summed E-state index contributed by atoms with van der Waals surface area (Å²) >= 11 is 0. The van der Waals surface area contributed by atoms with Crippen molar-refractivity contribution in [2.45, 2.75) is 13.0 Å². The number of rotatable bonds is 3. The third-order valence-corrected chi connectivity index (χ3v) is 5.36. The molecule has 1 atom stereocenters. The third kappa shape index (κ3) is 3.30. The number of allylic oxidation sites excluding steroid dienone is 1. The van der Waals surface area contributed by atoms with Gasteiger partial charge in [-0.05, 0) is 61.0 Å². The first-order valence-corrected chi connectivity index (χ1v) is 9.82. The summed E-state index contributed by atoms with van der Waals surface area (Å²) < 4.78 is 15.2. The molecule has 3 aromatic carbocycles. The molecule has 1 aromatic heterocycles. The Morgan fingerprint density at radius 2 is 1.87 bits per heavy atom. The summed E-state index contributed by atoms with van der Waals surface area (Å²) in [4.78, 5) is 18.1. The molecular weight excluding hydrogens is 395 g/mol. The van der Waals surface area contributed by atoms with Crippen molar-refractivity contribution in [1.29, 1.82) is 0 Å². The molecule has 154 valence electrons. The number of phenols is 1. The van der Waals surface area contributed by atoms with Crippen LogP contribution in [0.4, 0.5) is 16.0 Å². The van der Waals surface area contributed by atoms with Crippen molar-refractivity contribution in [2.24, 2.45) is 0 Å². The Labute approximate surface area is 177 Å². The minimum absolute atomic E-state index is 0.109. The van der Waals surface area contributed by atoms with Crippen molar-refractivity contribution >= 4 is 28.6 Å². The van der Waals surface area contributed by atoms with E-state index in [-0.39, 0.29) is 17.5 Å². The average molecular weight is 414 g/mol. The summed E-state index contributed by atoms with van der Waals surface area (Å²) in [6, 6.07) is 19.6. The van der Waals surface area contributed by atoms with Crippen LogP contribution in [0.15, 0.2) is 84.1 Å². The van der Waals surface area contributed by atoms with E-state index < -0.39 is 6.04 Å². The van der Waals surface area contributed by atoms with E-state index in [9.17, 15) is 14.3 Å². The van der Waals surface area contributed by atoms with Gasteiger partial charge in [0.2, 0.25) is 5.95 Å². The molecule has 1 amide bonds. The highest BCUT2D eigenvalue weighted by Gasteiger charge is 2.34. The Kier molecular flexibility index (Phi) is 4.43. The van der Waals surface area contributed by atoms with Gasteiger partial charge in [0.25, 0.3) is 5.91 Å². The zero-order chi connectivity index (χ0) is 21.5. The molecule has 0 saturated heterocycles. The molecule has 0 fully saturated rings. The molecule has 31 heavy (non-hydrogen) atoms. The van der Waals surface area contributed by atoms with E-state index in [1.807, 2.05) is 41.8 Å². The van der Waals surface area contributed by atoms with E-state index in [2.05, 4.69) is 15.6 Å². The quantitative estimate of drug-likeness (QED) is 0.450. The van der Waals surface area contributed by atoms with Crippen LogP contribution in [0.5, 0.6) is 5.75 Å². The number of halogens is 1. The molecule has 1 aliphatic rings. The predicted molar refractivity (Wildman–Crippen MR) is 117 cm³/mol. The topological polar surface area (TPSA) is 79.2 Å². The Morgan fingerprint density at radius 1 is 1.10 bits per heavy atom. The van der Waals surface area contributed by atoms with Gasteiger partial charge < -0.3 is 15.7 Å². The van der Waals surface area contributed by atoms with Crippen LogP contribution in [0, 0.1) is 5.82 Å². The number of carbonyl (C=O) groups is 1. The van der Waals surface area contributed by atoms with Gasteiger partial charge in [0.1, 0.15) is 11.6 Å². The largest absolute Gasteiger partial charge is 0.508 e. The molecule has 0 radical (unpaired) electrons. The van der Waals surface area contributed by atoms with Crippen LogP contribution in [0.3, 0.4) is 0 Å². The number of hydrogen-bond acceptors (Lipinski definition) is 4. The number of fused-ring (bicyclic) bond motifs is 3. The maximum Gasteiger partial charge on any atom is 0.255 e. The summed E-state index contributed by atoms with van der Waals surface area (Å²) in [6.07, 6.45) is 0. The molecule has 0 unspecified atom stereocenters. The summed E-state index contributed by atoms with van der Waals surface area (Å²) in [7, 11) is 0. The summed E-state index contributed by atoms with van der Waals surface area (Å²) in [6.45, 7) is 1.82. The van der Waals surface area contributed by atoms with E-state index in [1.54, 1.807) is 18.2 Å². The Bertz CT molecular complexity index is 1340. The molecule has 0 bridgehead atoms. The summed E-state index contributed by atoms with van der Waals surface area (Å²) in [5.41, 5.74) is 4.01. The number of amides is 1. The van der Waals surface area contributed by atoms with Gasteiger partial charge in [-0.25, -0.2) is 9.37 Å². The van der Waals surface area contributed by atoms with Gasteiger partial charge >= 0.3 is 0 Å². The first kappa shape index (κ1) is 18.9. The van der Waals surface area contributed by atoms with Crippen LogP contribution in [-0.4, -0.2) is 20.6 Å². The number of phenolic OH excluding ortho intramolecular Hbond substituents is 1. The highest BCUT2D eigenvalue weighted by atomic mass is 19.1. The summed E-state index contributed by atoms with van der Waals surface area (Å²) in [5.74, 6) is 0.0246. The molecule has 6 nitrogen and oxygen atoms in total. The smallest absolute Gasteiger partial charge is 0.255 e. The lowest BCUT2D eigenvalue weighted by molar-refractivity contribution is -0.113. The van der Waals surface area contributed by atoms with Crippen molar-refractivity contribution < 1.29 is 14.3 Å². The van der Waals surface area contributed by atoms with E-state index in [0.717, 1.165) is 16.6 Å². The number of anilines is 2. The highest BCUT2D eigenvalue weighted by Crippen LogP contribution is 2.40. The van der Waals surface area contributed by atoms with Gasteiger partial charge in [-0.3, -0.25) is 9.36 Å². The maximum atomic E-state index is 13.4. The fourth-order valence-electron chi connectivity index (χ4n) is 4.00. The number of imidazole rings is 1. The first-order valence-electron chi connectivity index (χ1n) is 9.82. The fourth-order valence-corrected chi connectivity index (χ4v) is 4.00. The van der Waals surface area contributed by atoms with Crippen LogP contribution in [0.2, 0.25) is 0 Å². The van der Waals surface area contributed by atoms with E-state index >= 15 is 0 Å². The number of aromatic nitrogens is 2. The minimum atomic E-state index is -0.517. The van der Waals surface area contributed by atoms with Gasteiger partial charge in [-0.1, -0.05) is 24.3 Å². The predicted octanol–water partition coefficient (Wildman–Crippen LogP) is 4.81. The van der Waals surface area contributed by atoms with Crippen LogP contribution < -0.4 is 10.6 Å². The Balaban J connectivity index is 1.66. The van der Waals surface area contributed by atoms with Crippen molar-refractivity contribution in [3.8, 4) is 5.75 Å². The first-order chi connectivity index (χ1) is 15.0. The van der Waals surface area contributed by atoms with Crippen LogP contribution >= 0.6 is 0 Å². The van der Waals surface area contributed by atoms with E-state index in [4.69, 9.17) is 0 Å². The number of carbonyl (C=O) groups excluding carboxylic acids is 1. The lowest BCUT2D eigenvalue weighted by atomic mass is 9.94. The second-order valence-corrected chi connectivity index (χ2v) is 7.42. The molecule has 3 N–H and O–H groups in total. The molecule has 0 spiro atoms.